The number of rotatable bonds is 2. The van der Waals surface area contributed by atoms with Crippen molar-refractivity contribution in [3.63, 3.8) is 0 Å². The zero-order chi connectivity index (χ0) is 11.8. The second-order valence-electron chi connectivity index (χ2n) is 3.84. The van der Waals surface area contributed by atoms with Crippen LogP contribution in [0.2, 0.25) is 0 Å². The van der Waals surface area contributed by atoms with Crippen LogP contribution in [0.3, 0.4) is 0 Å². The van der Waals surface area contributed by atoms with Crippen LogP contribution in [0, 0.1) is 11.6 Å². The largest absolute Gasteiger partial charge is 0.235 e. The Labute approximate surface area is 99.5 Å². The predicted molar refractivity (Wildman–Crippen MR) is 57.7 cm³/mol. The second-order valence-corrected chi connectivity index (χ2v) is 4.70. The molecule has 5 heteroatoms. The Hall–Kier alpha value is -1.06. The molecule has 2 rings (SSSR count). The second kappa shape index (κ2) is 4.07. The van der Waals surface area contributed by atoms with E-state index in [2.05, 4.69) is 20.9 Å². The van der Waals surface area contributed by atoms with E-state index in [0.29, 0.717) is 18.4 Å². The van der Waals surface area contributed by atoms with Crippen LogP contribution < -0.4 is 0 Å². The van der Waals surface area contributed by atoms with E-state index in [1.54, 1.807) is 0 Å². The molecule has 0 N–H and O–H groups in total. The van der Waals surface area contributed by atoms with Gasteiger partial charge in [0.1, 0.15) is 0 Å². The van der Waals surface area contributed by atoms with Gasteiger partial charge in [0.05, 0.1) is 10.0 Å². The van der Waals surface area contributed by atoms with Gasteiger partial charge in [-0.05, 0) is 52.9 Å². The van der Waals surface area contributed by atoms with Crippen molar-refractivity contribution in [3.8, 4) is 0 Å². The molecule has 1 saturated carbocycles. The van der Waals surface area contributed by atoms with E-state index < -0.39 is 17.2 Å². The first-order chi connectivity index (χ1) is 7.59. The Morgan fingerprint density at radius 2 is 2.06 bits per heavy atom. The van der Waals surface area contributed by atoms with Crippen LogP contribution >= 0.6 is 15.9 Å². The Morgan fingerprint density at radius 1 is 1.38 bits per heavy atom. The third-order valence-corrected chi connectivity index (χ3v) is 3.54. The first-order valence-corrected chi connectivity index (χ1v) is 5.62. The van der Waals surface area contributed by atoms with Gasteiger partial charge < -0.3 is 0 Å². The zero-order valence-electron chi connectivity index (χ0n) is 8.27. The maximum atomic E-state index is 13.2. The molecule has 0 unspecified atom stereocenters. The first kappa shape index (κ1) is 11.4. The van der Waals surface area contributed by atoms with Crippen LogP contribution in [0.4, 0.5) is 8.78 Å². The molecule has 1 aliphatic carbocycles. The Balaban J connectivity index is 2.51. The summed E-state index contributed by atoms with van der Waals surface area (Å²) in [6.07, 6.45) is 3.76. The lowest BCUT2D eigenvalue weighted by molar-refractivity contribution is 0.254. The lowest BCUT2D eigenvalue weighted by Gasteiger charge is -2.37. The number of hydrogen-bond acceptors (Lipinski definition) is 2. The molecular weight excluding hydrogens is 280 g/mol. The fraction of sp³-hybridized carbons (Fsp3) is 0.364. The van der Waals surface area contributed by atoms with E-state index in [1.165, 1.54) is 12.1 Å². The normalized spacial score (nSPS) is 17.4. The Bertz CT molecular complexity index is 456. The number of nitrogens with zero attached hydrogens (tertiary/aromatic N) is 1. The number of carbonyl (C=O) groups excluding carboxylic acids is 1. The average molecular weight is 288 g/mol. The van der Waals surface area contributed by atoms with Gasteiger partial charge in [-0.3, -0.25) is 0 Å². The smallest absolute Gasteiger partial charge is 0.211 e. The molecule has 0 amide bonds. The van der Waals surface area contributed by atoms with Gasteiger partial charge in [0, 0.05) is 0 Å². The van der Waals surface area contributed by atoms with Crippen molar-refractivity contribution in [2.75, 3.05) is 0 Å². The van der Waals surface area contributed by atoms with Crippen LogP contribution in [0.25, 0.3) is 0 Å². The summed E-state index contributed by atoms with van der Waals surface area (Å²) < 4.78 is 26.4. The van der Waals surface area contributed by atoms with Gasteiger partial charge in [0.15, 0.2) is 11.6 Å². The molecule has 0 heterocycles. The fourth-order valence-corrected chi connectivity index (χ4v) is 2.32. The molecule has 0 spiro atoms. The van der Waals surface area contributed by atoms with Crippen LogP contribution in [-0.4, -0.2) is 6.08 Å². The van der Waals surface area contributed by atoms with E-state index >= 15 is 0 Å². The van der Waals surface area contributed by atoms with Crippen LogP contribution in [0.1, 0.15) is 24.8 Å². The molecule has 1 fully saturated rings. The number of hydrogen-bond donors (Lipinski definition) is 0. The van der Waals surface area contributed by atoms with Gasteiger partial charge in [-0.2, -0.15) is 4.99 Å². The van der Waals surface area contributed by atoms with Crippen molar-refractivity contribution < 1.29 is 13.6 Å². The van der Waals surface area contributed by atoms with Crippen molar-refractivity contribution in [1.82, 2.24) is 0 Å². The summed E-state index contributed by atoms with van der Waals surface area (Å²) in [6.45, 7) is 0. The van der Waals surface area contributed by atoms with Crippen molar-refractivity contribution in [1.29, 1.82) is 0 Å². The van der Waals surface area contributed by atoms with Gasteiger partial charge in [-0.15, -0.1) is 0 Å². The topological polar surface area (TPSA) is 29.4 Å². The predicted octanol–water partition coefficient (Wildman–Crippen LogP) is 3.44. The van der Waals surface area contributed by atoms with Gasteiger partial charge in [0.25, 0.3) is 0 Å². The highest BCUT2D eigenvalue weighted by atomic mass is 79.9. The van der Waals surface area contributed by atoms with Crippen molar-refractivity contribution >= 4 is 22.0 Å². The van der Waals surface area contributed by atoms with Crippen LogP contribution in [0.15, 0.2) is 21.6 Å². The summed E-state index contributed by atoms with van der Waals surface area (Å²) in [5.74, 6) is -1.86. The molecular formula is C11H8BrF2NO. The molecule has 84 valence electrons. The third kappa shape index (κ3) is 1.70. The highest BCUT2D eigenvalue weighted by Gasteiger charge is 2.39. The molecule has 1 aliphatic rings. The number of isocyanates is 1. The molecule has 0 bridgehead atoms. The standard InChI is InChI=1S/C11H8BrF2NO/c12-8-4-7(5-9(13)10(8)14)11(15-6-16)2-1-3-11/h4-5H,1-3H2. The molecule has 0 radical (unpaired) electrons. The Morgan fingerprint density at radius 3 is 2.50 bits per heavy atom. The van der Waals surface area contributed by atoms with Crippen molar-refractivity contribution in [3.05, 3.63) is 33.8 Å². The molecule has 0 aliphatic heterocycles. The minimum absolute atomic E-state index is 0.0508. The van der Waals surface area contributed by atoms with Crippen molar-refractivity contribution in [2.24, 2.45) is 4.99 Å². The third-order valence-electron chi connectivity index (χ3n) is 2.96. The summed E-state index contributed by atoms with van der Waals surface area (Å²) in [7, 11) is 0. The summed E-state index contributed by atoms with van der Waals surface area (Å²) >= 11 is 2.94. The summed E-state index contributed by atoms with van der Waals surface area (Å²) in [4.78, 5) is 14.1. The number of benzene rings is 1. The zero-order valence-corrected chi connectivity index (χ0v) is 9.85. The molecule has 0 atom stereocenters. The van der Waals surface area contributed by atoms with Gasteiger partial charge in [-0.1, -0.05) is 0 Å². The lowest BCUT2D eigenvalue weighted by Crippen LogP contribution is -2.32. The van der Waals surface area contributed by atoms with E-state index in [1.807, 2.05) is 0 Å². The summed E-state index contributed by atoms with van der Waals surface area (Å²) in [6, 6.07) is 2.57. The van der Waals surface area contributed by atoms with E-state index in [9.17, 15) is 13.6 Å². The van der Waals surface area contributed by atoms with Gasteiger partial charge in [-0.25, -0.2) is 13.6 Å². The van der Waals surface area contributed by atoms with Gasteiger partial charge in [0.2, 0.25) is 6.08 Å². The molecule has 0 aromatic heterocycles. The maximum Gasteiger partial charge on any atom is 0.235 e. The first-order valence-electron chi connectivity index (χ1n) is 4.83. The van der Waals surface area contributed by atoms with Crippen LogP contribution in [0.5, 0.6) is 0 Å². The molecule has 0 saturated heterocycles. The monoisotopic (exact) mass is 287 g/mol. The minimum Gasteiger partial charge on any atom is -0.211 e. The van der Waals surface area contributed by atoms with Crippen molar-refractivity contribution in [2.45, 2.75) is 24.8 Å². The quantitative estimate of drug-likeness (QED) is 0.465. The van der Waals surface area contributed by atoms with E-state index in [4.69, 9.17) is 0 Å². The molecule has 16 heavy (non-hydrogen) atoms. The summed E-state index contributed by atoms with van der Waals surface area (Å²) in [5.41, 5.74) is -0.174. The minimum atomic E-state index is -0.934. The highest BCUT2D eigenvalue weighted by molar-refractivity contribution is 9.10. The average Bonchev–Trinajstić information content (AvgIpc) is 2.19. The molecule has 1 aromatic rings. The van der Waals surface area contributed by atoms with E-state index in [0.717, 1.165) is 12.5 Å². The van der Waals surface area contributed by atoms with E-state index in [-0.39, 0.29) is 4.47 Å². The highest BCUT2D eigenvalue weighted by Crippen LogP contribution is 2.45. The number of halogens is 3. The SMILES string of the molecule is O=C=NC1(c2cc(F)c(F)c(Br)c2)CCC1. The van der Waals surface area contributed by atoms with Crippen LogP contribution in [-0.2, 0) is 10.3 Å². The Kier molecular flexibility index (Phi) is 2.91. The maximum absolute atomic E-state index is 13.2. The fourth-order valence-electron chi connectivity index (χ4n) is 1.89. The number of aliphatic imine (C=N–C) groups is 1. The molecule has 2 nitrogen and oxygen atoms in total. The lowest BCUT2D eigenvalue weighted by atomic mass is 9.72. The molecule has 1 aromatic carbocycles. The van der Waals surface area contributed by atoms with Gasteiger partial charge >= 0.3 is 0 Å². The summed E-state index contributed by atoms with van der Waals surface area (Å²) in [5, 5.41) is 0.